The molecule has 6 aromatic carbocycles. The fourth-order valence-electron chi connectivity index (χ4n) is 4.79. The van der Waals surface area contributed by atoms with Crippen molar-refractivity contribution in [3.05, 3.63) is 158 Å². The molecule has 8 nitrogen and oxygen atoms in total. The van der Waals surface area contributed by atoms with E-state index in [1.165, 1.54) is 55.6 Å². The van der Waals surface area contributed by atoms with Gasteiger partial charge in [0.2, 0.25) is 0 Å². The molecule has 2 N–H and O–H groups in total. The molecule has 0 aromatic heterocycles. The number of benzene rings is 6. The zero-order chi connectivity index (χ0) is 33.7. The second-order valence-electron chi connectivity index (χ2n) is 10.3. The van der Waals surface area contributed by atoms with Crippen LogP contribution in [0, 0.1) is 0 Å². The van der Waals surface area contributed by atoms with Crippen molar-refractivity contribution in [2.75, 3.05) is 0 Å². The highest BCUT2D eigenvalue weighted by Crippen LogP contribution is 2.30. The topological polar surface area (TPSA) is 143 Å². The molecule has 0 fully saturated rings. The van der Waals surface area contributed by atoms with Gasteiger partial charge in [0.15, 0.2) is 0 Å². The summed E-state index contributed by atoms with van der Waals surface area (Å²) in [6.07, 6.45) is 0. The second kappa shape index (κ2) is 13.8. The van der Waals surface area contributed by atoms with Crippen LogP contribution in [0.4, 0.5) is 0 Å². The Morgan fingerprint density at radius 3 is 0.532 bits per heavy atom. The van der Waals surface area contributed by atoms with E-state index in [-0.39, 0.29) is 0 Å². The Bertz CT molecular complexity index is 2130. The SMILES string of the molecule is O=S(=O)(O)S(=O)(=O)S(=O)(=O)O.c1ccc(-c2ccc(-c3ccc(-c4ccc(-c5ccc(-c6ccccc6)cc5)cc4)cc3)cc2)cc1. The average molecular weight is 685 g/mol. The summed E-state index contributed by atoms with van der Waals surface area (Å²) in [5.74, 6) is 0. The van der Waals surface area contributed by atoms with E-state index in [4.69, 9.17) is 9.11 Å². The summed E-state index contributed by atoms with van der Waals surface area (Å²) in [7, 11) is -17.6. The lowest BCUT2D eigenvalue weighted by molar-refractivity contribution is 0.484. The molecular weight excluding hydrogens is 657 g/mol. The molecule has 11 heteroatoms. The van der Waals surface area contributed by atoms with Gasteiger partial charge < -0.3 is 0 Å². The van der Waals surface area contributed by atoms with Crippen LogP contribution in [-0.4, -0.2) is 34.4 Å². The summed E-state index contributed by atoms with van der Waals surface area (Å²) in [5.41, 5.74) is 12.4. The van der Waals surface area contributed by atoms with Crippen molar-refractivity contribution in [3.63, 3.8) is 0 Å². The first-order chi connectivity index (χ1) is 22.3. The highest BCUT2D eigenvalue weighted by molar-refractivity contribution is 8.97. The van der Waals surface area contributed by atoms with Gasteiger partial charge in [0.05, 0.1) is 0 Å². The first kappa shape index (κ1) is 33.5. The minimum atomic E-state index is -5.96. The summed E-state index contributed by atoms with van der Waals surface area (Å²) in [6.45, 7) is 0. The van der Waals surface area contributed by atoms with Crippen LogP contribution in [0.15, 0.2) is 158 Å². The first-order valence-electron chi connectivity index (χ1n) is 14.1. The van der Waals surface area contributed by atoms with Crippen molar-refractivity contribution in [2.45, 2.75) is 0 Å². The Morgan fingerprint density at radius 1 is 0.255 bits per heavy atom. The van der Waals surface area contributed by atoms with Crippen molar-refractivity contribution in [1.82, 2.24) is 0 Å². The molecule has 0 heterocycles. The molecule has 0 atom stereocenters. The lowest BCUT2D eigenvalue weighted by Gasteiger charge is -2.08. The van der Waals surface area contributed by atoms with Gasteiger partial charge in [-0.2, -0.15) is 25.3 Å². The summed E-state index contributed by atoms with van der Waals surface area (Å²) < 4.78 is 74.4. The van der Waals surface area contributed by atoms with Gasteiger partial charge in [0.1, 0.15) is 0 Å². The van der Waals surface area contributed by atoms with Crippen molar-refractivity contribution in [2.24, 2.45) is 0 Å². The van der Waals surface area contributed by atoms with Gasteiger partial charge in [-0.1, -0.05) is 158 Å². The molecular formula is C36H28O8S3. The molecule has 0 amide bonds. The summed E-state index contributed by atoms with van der Waals surface area (Å²) in [4.78, 5) is 0. The molecule has 0 aliphatic heterocycles. The maximum atomic E-state index is 10.00. The van der Waals surface area contributed by atoms with E-state index >= 15 is 0 Å². The molecule has 47 heavy (non-hydrogen) atoms. The highest BCUT2D eigenvalue weighted by Gasteiger charge is 2.40. The van der Waals surface area contributed by atoms with E-state index in [0.29, 0.717) is 0 Å². The van der Waals surface area contributed by atoms with E-state index in [9.17, 15) is 25.3 Å². The highest BCUT2D eigenvalue weighted by atomic mass is 33.6. The van der Waals surface area contributed by atoms with Crippen LogP contribution in [0.25, 0.3) is 55.6 Å². The number of rotatable bonds is 7. The Hall–Kier alpha value is -4.91. The van der Waals surface area contributed by atoms with Crippen molar-refractivity contribution < 1.29 is 34.4 Å². The van der Waals surface area contributed by atoms with Gasteiger partial charge in [-0.25, -0.2) is 0 Å². The largest absolute Gasteiger partial charge is 0.406 e. The summed E-state index contributed by atoms with van der Waals surface area (Å²) in [6, 6.07) is 56.3. The molecule has 6 aromatic rings. The number of hydrogen-bond acceptors (Lipinski definition) is 6. The molecule has 238 valence electrons. The van der Waals surface area contributed by atoms with Crippen LogP contribution in [0.3, 0.4) is 0 Å². The molecule has 0 unspecified atom stereocenters. The predicted octanol–water partition coefficient (Wildman–Crippen LogP) is 8.03. The smallest absolute Gasteiger partial charge is 0.273 e. The molecule has 6 rings (SSSR count). The molecule has 0 bridgehead atoms. The molecule has 0 radical (unpaired) electrons. The van der Waals surface area contributed by atoms with Gasteiger partial charge in [-0.3, -0.25) is 9.11 Å². The van der Waals surface area contributed by atoms with Crippen molar-refractivity contribution in [3.8, 4) is 55.6 Å². The number of hydrogen-bond donors (Lipinski definition) is 2. The monoisotopic (exact) mass is 684 g/mol. The zero-order valence-corrected chi connectivity index (χ0v) is 27.0. The lowest BCUT2D eigenvalue weighted by atomic mass is 9.96. The lowest BCUT2D eigenvalue weighted by Crippen LogP contribution is -2.22. The average Bonchev–Trinajstić information content (AvgIpc) is 3.09. The molecule has 0 aliphatic rings. The first-order valence-corrected chi connectivity index (χ1v) is 19.5. The van der Waals surface area contributed by atoms with Crippen LogP contribution in [-0.2, 0) is 26.2 Å². The maximum Gasteiger partial charge on any atom is 0.406 e. The third-order valence-corrected chi connectivity index (χ3v) is 14.5. The van der Waals surface area contributed by atoms with Crippen molar-refractivity contribution >= 4 is 26.2 Å². The fraction of sp³-hybridized carbons (Fsp3) is 0. The summed E-state index contributed by atoms with van der Waals surface area (Å²) >= 11 is 0. The van der Waals surface area contributed by atoms with Crippen LogP contribution < -0.4 is 0 Å². The van der Waals surface area contributed by atoms with Crippen LogP contribution in [0.2, 0.25) is 0 Å². The van der Waals surface area contributed by atoms with E-state index in [1.807, 2.05) is 0 Å². The van der Waals surface area contributed by atoms with Crippen LogP contribution >= 0.6 is 0 Å². The minimum Gasteiger partial charge on any atom is -0.273 e. The standard InChI is InChI=1S/C36H26.H2O8S3/c1-3-7-27(8-4-1)29-11-15-31(16-12-29)33-19-23-35(24-20-33)36-25-21-34(22-26-36)32-17-13-30(14-18-32)28-9-5-2-6-10-28;1-9(2,3)11(7,8)10(4,5)6/h1-26H;(H,1,2,3)(H,4,5,6). The van der Waals surface area contributed by atoms with Gasteiger partial charge in [-0.15, -0.1) is 0 Å². The Kier molecular flexibility index (Phi) is 9.85. The van der Waals surface area contributed by atoms with Gasteiger partial charge >= 0.3 is 26.2 Å². The quantitative estimate of drug-likeness (QED) is 0.127. The Morgan fingerprint density at radius 2 is 0.404 bits per heavy atom. The molecule has 0 aliphatic carbocycles. The fourth-order valence-corrected chi connectivity index (χ4v) is 7.62. The third kappa shape index (κ3) is 7.91. The minimum absolute atomic E-state index is 1.23. The van der Waals surface area contributed by atoms with Crippen LogP contribution in [0.5, 0.6) is 0 Å². The third-order valence-electron chi connectivity index (χ3n) is 7.27. The predicted molar refractivity (Wildman–Crippen MR) is 186 cm³/mol. The molecule has 0 saturated heterocycles. The van der Waals surface area contributed by atoms with Gasteiger partial charge in [0.25, 0.3) is 0 Å². The van der Waals surface area contributed by atoms with E-state index in [1.54, 1.807) is 0 Å². The molecule has 0 spiro atoms. The second-order valence-corrected chi connectivity index (χ2v) is 18.6. The van der Waals surface area contributed by atoms with Crippen LogP contribution in [0.1, 0.15) is 0 Å². The van der Waals surface area contributed by atoms with Gasteiger partial charge in [-0.05, 0) is 55.6 Å². The summed E-state index contributed by atoms with van der Waals surface area (Å²) in [5, 5.41) is 0. The van der Waals surface area contributed by atoms with E-state index in [2.05, 4.69) is 158 Å². The molecule has 0 saturated carbocycles. The normalized spacial score (nSPS) is 11.7. The van der Waals surface area contributed by atoms with E-state index in [0.717, 1.165) is 0 Å². The van der Waals surface area contributed by atoms with Gasteiger partial charge in [0, 0.05) is 0 Å². The van der Waals surface area contributed by atoms with E-state index < -0.39 is 26.2 Å². The van der Waals surface area contributed by atoms with Crippen molar-refractivity contribution in [1.29, 1.82) is 0 Å². The zero-order valence-electron chi connectivity index (χ0n) is 24.6. The Balaban J connectivity index is 0.000000340. The Labute approximate surface area is 272 Å². The maximum absolute atomic E-state index is 10.00.